The first-order chi connectivity index (χ1) is 14.8. The van der Waals surface area contributed by atoms with Gasteiger partial charge in [0, 0.05) is 35.5 Å². The third-order valence-electron chi connectivity index (χ3n) is 6.78. The van der Waals surface area contributed by atoms with E-state index in [9.17, 15) is 9.90 Å². The van der Waals surface area contributed by atoms with Crippen LogP contribution < -0.4 is 5.32 Å². The summed E-state index contributed by atoms with van der Waals surface area (Å²) in [5, 5.41) is 14.7. The largest absolute Gasteiger partial charge is 0.388 e. The van der Waals surface area contributed by atoms with Crippen LogP contribution >= 0.6 is 11.6 Å². The summed E-state index contributed by atoms with van der Waals surface area (Å²) in [6.07, 6.45) is 3.97. The van der Waals surface area contributed by atoms with E-state index >= 15 is 0 Å². The third kappa shape index (κ3) is 5.31. The van der Waals surface area contributed by atoms with Crippen LogP contribution in [0.25, 0.3) is 0 Å². The minimum absolute atomic E-state index is 0.00643. The van der Waals surface area contributed by atoms with Crippen molar-refractivity contribution in [1.29, 1.82) is 0 Å². The van der Waals surface area contributed by atoms with Crippen LogP contribution in [0.4, 0.5) is 5.69 Å². The van der Waals surface area contributed by atoms with Gasteiger partial charge in [-0.2, -0.15) is 0 Å². The number of likely N-dealkylation sites (tertiary alicyclic amines) is 1. The fourth-order valence-electron chi connectivity index (χ4n) is 5.17. The van der Waals surface area contributed by atoms with Crippen molar-refractivity contribution in [3.8, 4) is 0 Å². The highest BCUT2D eigenvalue weighted by atomic mass is 35.5. The van der Waals surface area contributed by atoms with Crippen LogP contribution in [0.5, 0.6) is 0 Å². The van der Waals surface area contributed by atoms with Crippen LogP contribution in [-0.2, 0) is 16.6 Å². The van der Waals surface area contributed by atoms with Gasteiger partial charge in [-0.15, -0.1) is 0 Å². The maximum atomic E-state index is 12.3. The number of anilines is 1. The maximum Gasteiger partial charge on any atom is 0.225 e. The second kappa shape index (κ2) is 9.32. The fraction of sp³-hybridized carbons (Fsp3) is 0.500. The summed E-state index contributed by atoms with van der Waals surface area (Å²) >= 11 is 6.40. The summed E-state index contributed by atoms with van der Waals surface area (Å²) in [7, 11) is 0. The molecule has 5 heteroatoms. The monoisotopic (exact) mass is 440 g/mol. The normalized spacial score (nSPS) is 21.9. The number of rotatable bonds is 6. The standard InChI is InChI=1S/C26H33ClN2O2/c1-26(2)16-24(31)28-25-21(14-20(27)15-22(25)26)23(30)10-12-29-11-6-9-19(17-29)13-18-7-4-3-5-8-18/h3-5,7-8,14-15,19,23,30H,6,9-13,16-17H2,1-2H3,(H,28,31)/t19-,23?/m0/s1. The van der Waals surface area contributed by atoms with Gasteiger partial charge in [-0.3, -0.25) is 4.79 Å². The van der Waals surface area contributed by atoms with Crippen molar-refractivity contribution in [3.63, 3.8) is 0 Å². The number of aliphatic hydroxyl groups excluding tert-OH is 1. The molecule has 2 N–H and O–H groups in total. The number of fused-ring (bicyclic) bond motifs is 1. The molecule has 0 spiro atoms. The molecule has 1 fully saturated rings. The van der Waals surface area contributed by atoms with E-state index in [0.717, 1.165) is 42.9 Å². The molecule has 2 aliphatic heterocycles. The SMILES string of the molecule is CC1(C)CC(=O)Nc2c(C(O)CCN3CCC[C@@H](Cc4ccccc4)C3)cc(Cl)cc21. The lowest BCUT2D eigenvalue weighted by atomic mass is 9.76. The van der Waals surface area contributed by atoms with E-state index in [0.29, 0.717) is 23.8 Å². The summed E-state index contributed by atoms with van der Waals surface area (Å²) in [6, 6.07) is 14.4. The molecule has 2 aromatic carbocycles. The fourth-order valence-corrected chi connectivity index (χ4v) is 5.40. The van der Waals surface area contributed by atoms with Gasteiger partial charge in [0.05, 0.1) is 11.8 Å². The number of halogens is 1. The molecular weight excluding hydrogens is 408 g/mol. The molecule has 0 aromatic heterocycles. The summed E-state index contributed by atoms with van der Waals surface area (Å²) in [4.78, 5) is 14.7. The number of aliphatic hydroxyl groups is 1. The van der Waals surface area contributed by atoms with E-state index < -0.39 is 6.10 Å². The van der Waals surface area contributed by atoms with Crippen molar-refractivity contribution in [2.24, 2.45) is 5.92 Å². The van der Waals surface area contributed by atoms with Gasteiger partial charge < -0.3 is 15.3 Å². The number of nitrogens with zero attached hydrogens (tertiary/aromatic N) is 1. The molecule has 0 radical (unpaired) electrons. The third-order valence-corrected chi connectivity index (χ3v) is 7.00. The number of nitrogens with one attached hydrogen (secondary N) is 1. The molecule has 0 aliphatic carbocycles. The van der Waals surface area contributed by atoms with Gasteiger partial charge in [-0.05, 0) is 61.4 Å². The molecule has 2 aliphatic rings. The molecule has 166 valence electrons. The Labute approximate surface area is 190 Å². The van der Waals surface area contributed by atoms with Gasteiger partial charge in [0.15, 0.2) is 0 Å². The van der Waals surface area contributed by atoms with Gasteiger partial charge in [-0.25, -0.2) is 0 Å². The molecule has 2 aromatic rings. The molecular formula is C26H33ClN2O2. The molecule has 2 heterocycles. The summed E-state index contributed by atoms with van der Waals surface area (Å²) < 4.78 is 0. The average Bonchev–Trinajstić information content (AvgIpc) is 2.73. The van der Waals surface area contributed by atoms with Crippen molar-refractivity contribution in [3.05, 3.63) is 64.2 Å². The predicted molar refractivity (Wildman–Crippen MR) is 127 cm³/mol. The quantitative estimate of drug-likeness (QED) is 0.637. The van der Waals surface area contributed by atoms with Crippen LogP contribution in [0.2, 0.25) is 5.02 Å². The highest BCUT2D eigenvalue weighted by Gasteiger charge is 2.34. The van der Waals surface area contributed by atoms with Crippen LogP contribution in [-0.4, -0.2) is 35.5 Å². The Kier molecular flexibility index (Phi) is 6.71. The maximum absolute atomic E-state index is 12.3. The number of carbonyl (C=O) groups excluding carboxylic acids is 1. The van der Waals surface area contributed by atoms with Crippen molar-refractivity contribution >= 4 is 23.2 Å². The average molecular weight is 441 g/mol. The minimum atomic E-state index is -0.656. The Balaban J connectivity index is 1.41. The highest BCUT2D eigenvalue weighted by molar-refractivity contribution is 6.31. The highest BCUT2D eigenvalue weighted by Crippen LogP contribution is 2.43. The second-order valence-electron chi connectivity index (χ2n) is 9.83. The van der Waals surface area contributed by atoms with Crippen molar-refractivity contribution in [2.45, 2.75) is 57.5 Å². The number of piperidine rings is 1. The van der Waals surface area contributed by atoms with Crippen LogP contribution in [0.1, 0.15) is 62.3 Å². The molecule has 0 bridgehead atoms. The molecule has 1 saturated heterocycles. The topological polar surface area (TPSA) is 52.6 Å². The van der Waals surface area contributed by atoms with Gasteiger partial charge in [-0.1, -0.05) is 55.8 Å². The lowest BCUT2D eigenvalue weighted by Gasteiger charge is -2.35. The predicted octanol–water partition coefficient (Wildman–Crippen LogP) is 5.34. The van der Waals surface area contributed by atoms with Gasteiger partial charge in [0.2, 0.25) is 5.91 Å². The number of carbonyl (C=O) groups is 1. The smallest absolute Gasteiger partial charge is 0.225 e. The van der Waals surface area contributed by atoms with E-state index in [1.54, 1.807) is 6.07 Å². The van der Waals surface area contributed by atoms with Gasteiger partial charge >= 0.3 is 0 Å². The van der Waals surface area contributed by atoms with Crippen LogP contribution in [0.15, 0.2) is 42.5 Å². The van der Waals surface area contributed by atoms with Crippen molar-refractivity contribution < 1.29 is 9.90 Å². The molecule has 2 atom stereocenters. The molecule has 1 unspecified atom stereocenters. The zero-order chi connectivity index (χ0) is 22.0. The Morgan fingerprint density at radius 2 is 2.03 bits per heavy atom. The van der Waals surface area contributed by atoms with Crippen LogP contribution in [0, 0.1) is 5.92 Å². The first-order valence-electron chi connectivity index (χ1n) is 11.4. The zero-order valence-electron chi connectivity index (χ0n) is 18.5. The Hall–Kier alpha value is -1.88. The summed E-state index contributed by atoms with van der Waals surface area (Å²) in [5.41, 5.74) is 3.60. The van der Waals surface area contributed by atoms with E-state index in [1.807, 2.05) is 6.07 Å². The van der Waals surface area contributed by atoms with Crippen molar-refractivity contribution in [1.82, 2.24) is 4.90 Å². The van der Waals surface area contributed by atoms with E-state index in [2.05, 4.69) is 54.4 Å². The molecule has 31 heavy (non-hydrogen) atoms. The van der Waals surface area contributed by atoms with Crippen molar-refractivity contribution in [2.75, 3.05) is 25.0 Å². The first-order valence-corrected chi connectivity index (χ1v) is 11.8. The number of amides is 1. The van der Waals surface area contributed by atoms with Crippen LogP contribution in [0.3, 0.4) is 0 Å². The number of hydrogen-bond acceptors (Lipinski definition) is 3. The first kappa shape index (κ1) is 22.3. The number of benzene rings is 2. The summed E-state index contributed by atoms with van der Waals surface area (Å²) in [6.45, 7) is 7.09. The van der Waals surface area contributed by atoms with E-state index in [4.69, 9.17) is 11.6 Å². The Morgan fingerprint density at radius 3 is 2.81 bits per heavy atom. The van der Waals surface area contributed by atoms with Gasteiger partial charge in [0.1, 0.15) is 0 Å². The van der Waals surface area contributed by atoms with E-state index in [-0.39, 0.29) is 11.3 Å². The molecule has 4 rings (SSSR count). The number of hydrogen-bond donors (Lipinski definition) is 2. The Bertz CT molecular complexity index is 929. The molecule has 0 saturated carbocycles. The minimum Gasteiger partial charge on any atom is -0.388 e. The lowest BCUT2D eigenvalue weighted by molar-refractivity contribution is -0.117. The Morgan fingerprint density at radius 1 is 1.26 bits per heavy atom. The van der Waals surface area contributed by atoms with Gasteiger partial charge in [0.25, 0.3) is 0 Å². The van der Waals surface area contributed by atoms with E-state index in [1.165, 1.54) is 18.4 Å². The molecule has 4 nitrogen and oxygen atoms in total. The zero-order valence-corrected chi connectivity index (χ0v) is 19.3. The molecule has 1 amide bonds. The second-order valence-corrected chi connectivity index (χ2v) is 10.3. The summed E-state index contributed by atoms with van der Waals surface area (Å²) in [5.74, 6) is 0.653. The lowest BCUT2D eigenvalue weighted by Crippen LogP contribution is -2.37.